The van der Waals surface area contributed by atoms with Gasteiger partial charge in [-0.2, -0.15) is 4.89 Å². The van der Waals surface area contributed by atoms with Gasteiger partial charge >= 0.3 is 5.97 Å². The minimum atomic E-state index is -0.551. The van der Waals surface area contributed by atoms with Crippen LogP contribution in [0.2, 0.25) is 0 Å². The van der Waals surface area contributed by atoms with Gasteiger partial charge in [0, 0.05) is 0 Å². The van der Waals surface area contributed by atoms with Crippen LogP contribution in [0.5, 0.6) is 0 Å². The van der Waals surface area contributed by atoms with Crippen LogP contribution in [0.1, 0.15) is 84.5 Å². The molecular weight excluding hydrogens is 280 g/mol. The summed E-state index contributed by atoms with van der Waals surface area (Å²) in [6.45, 7) is 8.51. The number of carbonyl (C=O) groups is 1. The van der Waals surface area contributed by atoms with Gasteiger partial charge in [-0.1, -0.05) is 71.6 Å². The van der Waals surface area contributed by atoms with Crippen molar-refractivity contribution in [3.05, 3.63) is 12.3 Å². The van der Waals surface area contributed by atoms with Crippen LogP contribution in [0.15, 0.2) is 12.3 Å². The van der Waals surface area contributed by atoms with Gasteiger partial charge in [-0.25, -0.2) is 4.79 Å². The van der Waals surface area contributed by atoms with Gasteiger partial charge in [0.15, 0.2) is 0 Å². The standard InChI is InChI=1S/C18H34O4/c1-4-6-7-8-9-10-11-12-13-14-16-21-22-17(3)18(19)20-15-5-2/h3-16H2,1-2H3. The number of hydrogen-bond acceptors (Lipinski definition) is 4. The van der Waals surface area contributed by atoms with E-state index in [4.69, 9.17) is 14.5 Å². The summed E-state index contributed by atoms with van der Waals surface area (Å²) in [7, 11) is 0. The molecule has 0 radical (unpaired) electrons. The Kier molecular flexibility index (Phi) is 15.6. The third kappa shape index (κ3) is 13.9. The molecule has 0 aliphatic carbocycles. The van der Waals surface area contributed by atoms with Crippen LogP contribution in [-0.4, -0.2) is 19.2 Å². The fraction of sp³-hybridized carbons (Fsp3) is 0.833. The molecule has 0 fully saturated rings. The van der Waals surface area contributed by atoms with Gasteiger partial charge in [0.25, 0.3) is 0 Å². The molecule has 0 saturated heterocycles. The zero-order valence-electron chi connectivity index (χ0n) is 14.5. The number of rotatable bonds is 16. The molecule has 0 aromatic carbocycles. The number of hydrogen-bond donors (Lipinski definition) is 0. The molecule has 0 aromatic heterocycles. The molecule has 0 aliphatic rings. The zero-order chi connectivity index (χ0) is 16.5. The molecule has 0 saturated carbocycles. The van der Waals surface area contributed by atoms with Gasteiger partial charge in [-0.3, -0.25) is 0 Å². The fourth-order valence-electron chi connectivity index (χ4n) is 2.07. The molecule has 0 heterocycles. The monoisotopic (exact) mass is 314 g/mol. The first kappa shape index (κ1) is 21.0. The van der Waals surface area contributed by atoms with Crippen molar-refractivity contribution in [2.75, 3.05) is 13.2 Å². The molecular formula is C18H34O4. The summed E-state index contributed by atoms with van der Waals surface area (Å²) >= 11 is 0. The Morgan fingerprint density at radius 2 is 1.32 bits per heavy atom. The lowest BCUT2D eigenvalue weighted by atomic mass is 10.1. The summed E-state index contributed by atoms with van der Waals surface area (Å²) < 4.78 is 4.87. The van der Waals surface area contributed by atoms with Crippen molar-refractivity contribution in [2.45, 2.75) is 84.5 Å². The second kappa shape index (κ2) is 16.3. The van der Waals surface area contributed by atoms with E-state index in [1.54, 1.807) is 0 Å². The van der Waals surface area contributed by atoms with E-state index >= 15 is 0 Å². The largest absolute Gasteiger partial charge is 0.460 e. The Balaban J connectivity index is 3.23. The number of ether oxygens (including phenoxy) is 1. The molecule has 0 unspecified atom stereocenters. The van der Waals surface area contributed by atoms with Gasteiger partial charge in [-0.15, -0.1) is 0 Å². The van der Waals surface area contributed by atoms with Gasteiger partial charge in [0.1, 0.15) is 0 Å². The highest BCUT2D eigenvalue weighted by molar-refractivity contribution is 5.85. The predicted octanol–water partition coefficient (Wildman–Crippen LogP) is 5.32. The summed E-state index contributed by atoms with van der Waals surface area (Å²) in [4.78, 5) is 21.1. The Morgan fingerprint density at radius 1 is 0.773 bits per heavy atom. The highest BCUT2D eigenvalue weighted by atomic mass is 17.2. The summed E-state index contributed by atoms with van der Waals surface area (Å²) in [5.74, 6) is -0.634. The molecule has 4 nitrogen and oxygen atoms in total. The van der Waals surface area contributed by atoms with E-state index in [1.807, 2.05) is 6.92 Å². The molecule has 4 heteroatoms. The molecule has 0 N–H and O–H groups in total. The van der Waals surface area contributed by atoms with Crippen molar-refractivity contribution in [1.82, 2.24) is 0 Å². The van der Waals surface area contributed by atoms with Crippen LogP contribution in [0.4, 0.5) is 0 Å². The van der Waals surface area contributed by atoms with Crippen LogP contribution in [0.25, 0.3) is 0 Å². The molecule has 0 aliphatic heterocycles. The SMILES string of the molecule is C=C(OOCCCCCCCCCCCC)C(=O)OCCC. The lowest BCUT2D eigenvalue weighted by Gasteiger charge is -2.07. The highest BCUT2D eigenvalue weighted by Gasteiger charge is 2.10. The van der Waals surface area contributed by atoms with Crippen molar-refractivity contribution >= 4 is 5.97 Å². The number of unbranched alkanes of at least 4 members (excludes halogenated alkanes) is 9. The number of carbonyl (C=O) groups excluding carboxylic acids is 1. The predicted molar refractivity (Wildman–Crippen MR) is 89.3 cm³/mol. The van der Waals surface area contributed by atoms with E-state index in [1.165, 1.54) is 51.4 Å². The van der Waals surface area contributed by atoms with Gasteiger partial charge in [-0.05, 0) is 19.4 Å². The molecule has 130 valence electrons. The van der Waals surface area contributed by atoms with E-state index in [-0.39, 0.29) is 5.76 Å². The topological polar surface area (TPSA) is 44.8 Å². The van der Waals surface area contributed by atoms with Gasteiger partial charge in [0.05, 0.1) is 13.2 Å². The molecule has 0 rings (SSSR count). The lowest BCUT2D eigenvalue weighted by molar-refractivity contribution is -0.264. The maximum atomic E-state index is 11.3. The zero-order valence-corrected chi connectivity index (χ0v) is 14.5. The lowest BCUT2D eigenvalue weighted by Crippen LogP contribution is -2.11. The quantitative estimate of drug-likeness (QED) is 0.0965. The summed E-state index contributed by atoms with van der Waals surface area (Å²) in [6, 6.07) is 0. The minimum Gasteiger partial charge on any atom is -0.460 e. The van der Waals surface area contributed by atoms with E-state index in [9.17, 15) is 4.79 Å². The van der Waals surface area contributed by atoms with Crippen LogP contribution >= 0.6 is 0 Å². The van der Waals surface area contributed by atoms with Crippen molar-refractivity contribution in [2.24, 2.45) is 0 Å². The summed E-state index contributed by atoms with van der Waals surface area (Å²) in [5.41, 5.74) is 0. The second-order valence-corrected chi connectivity index (χ2v) is 5.65. The normalized spacial score (nSPS) is 10.5. The van der Waals surface area contributed by atoms with E-state index in [2.05, 4.69) is 13.5 Å². The first-order valence-electron chi connectivity index (χ1n) is 8.87. The Labute approximate surface area is 136 Å². The molecule has 0 aromatic rings. The molecule has 22 heavy (non-hydrogen) atoms. The molecule has 0 amide bonds. The molecule has 0 bridgehead atoms. The maximum absolute atomic E-state index is 11.3. The van der Waals surface area contributed by atoms with Crippen LogP contribution in [-0.2, 0) is 19.3 Å². The molecule has 0 atom stereocenters. The average molecular weight is 314 g/mol. The Morgan fingerprint density at radius 3 is 1.86 bits per heavy atom. The summed E-state index contributed by atoms with van der Waals surface area (Å²) in [5, 5.41) is 0. The number of esters is 1. The smallest absolute Gasteiger partial charge is 0.377 e. The van der Waals surface area contributed by atoms with Crippen molar-refractivity contribution in [1.29, 1.82) is 0 Å². The van der Waals surface area contributed by atoms with E-state index in [0.29, 0.717) is 13.2 Å². The van der Waals surface area contributed by atoms with Crippen molar-refractivity contribution < 1.29 is 19.3 Å². The first-order chi connectivity index (χ1) is 10.7. The first-order valence-corrected chi connectivity index (χ1v) is 8.87. The third-order valence-corrected chi connectivity index (χ3v) is 3.41. The Hall–Kier alpha value is -1.03. The molecule has 0 spiro atoms. The van der Waals surface area contributed by atoms with Crippen LogP contribution in [0.3, 0.4) is 0 Å². The van der Waals surface area contributed by atoms with E-state index in [0.717, 1.165) is 19.3 Å². The van der Waals surface area contributed by atoms with Gasteiger partial charge < -0.3 is 9.62 Å². The second-order valence-electron chi connectivity index (χ2n) is 5.65. The van der Waals surface area contributed by atoms with E-state index < -0.39 is 5.97 Å². The third-order valence-electron chi connectivity index (χ3n) is 3.41. The highest BCUT2D eigenvalue weighted by Crippen LogP contribution is 2.10. The van der Waals surface area contributed by atoms with Crippen molar-refractivity contribution in [3.8, 4) is 0 Å². The minimum absolute atomic E-state index is 0.0828. The Bertz CT molecular complexity index is 276. The van der Waals surface area contributed by atoms with Crippen LogP contribution < -0.4 is 0 Å². The van der Waals surface area contributed by atoms with Crippen LogP contribution in [0, 0.1) is 0 Å². The summed E-state index contributed by atoms with van der Waals surface area (Å²) in [6.07, 6.45) is 13.5. The van der Waals surface area contributed by atoms with Crippen molar-refractivity contribution in [3.63, 3.8) is 0 Å². The van der Waals surface area contributed by atoms with Gasteiger partial charge in [0.2, 0.25) is 5.76 Å². The maximum Gasteiger partial charge on any atom is 0.377 e. The fourth-order valence-corrected chi connectivity index (χ4v) is 2.07. The average Bonchev–Trinajstić information content (AvgIpc) is 2.53.